The number of benzene rings is 2. The van der Waals surface area contributed by atoms with E-state index < -0.39 is 11.9 Å². The van der Waals surface area contributed by atoms with Crippen molar-refractivity contribution in [1.82, 2.24) is 19.9 Å². The van der Waals surface area contributed by atoms with Crippen molar-refractivity contribution < 1.29 is 19.1 Å². The monoisotopic (exact) mass is 600 g/mol. The van der Waals surface area contributed by atoms with Crippen molar-refractivity contribution in [2.75, 3.05) is 25.7 Å². The number of aromatic amines is 2. The maximum atomic E-state index is 11.8. The molecule has 4 rings (SSSR count). The summed E-state index contributed by atoms with van der Waals surface area (Å²) < 4.78 is 10.8. The minimum Gasteiger partial charge on any atom is -0.463 e. The van der Waals surface area contributed by atoms with Crippen molar-refractivity contribution in [2.45, 2.75) is 9.79 Å². The first kappa shape index (κ1) is 22.8. The first-order chi connectivity index (χ1) is 15.2. The van der Waals surface area contributed by atoms with E-state index in [0.29, 0.717) is 52.2 Å². The van der Waals surface area contributed by atoms with Gasteiger partial charge < -0.3 is 30.9 Å². The summed E-state index contributed by atoms with van der Waals surface area (Å²) in [6, 6.07) is 3.52. The number of methoxy groups -OCH3 is 2. The average Bonchev–Trinajstić information content (AvgIpc) is 3.39. The fraction of sp³-hybridized carbons (Fsp3) is 0.111. The van der Waals surface area contributed by atoms with Crippen LogP contribution in [0, 0.1) is 0 Å². The number of rotatable bonds is 5. The number of hydrogen-bond acceptors (Lipinski definition) is 10. The highest BCUT2D eigenvalue weighted by atomic mass is 79.9. The number of aromatic nitrogens is 4. The summed E-state index contributed by atoms with van der Waals surface area (Å²) in [5, 5.41) is 0. The predicted octanol–water partition coefficient (Wildman–Crippen LogP) is 4.50. The Morgan fingerprint density at radius 3 is 1.56 bits per heavy atom. The smallest absolute Gasteiger partial charge is 0.374 e. The second-order valence-corrected chi connectivity index (χ2v) is 10.2. The number of nitrogens with zero attached hydrogens (tertiary/aromatic N) is 2. The quantitative estimate of drug-likeness (QED) is 0.145. The summed E-state index contributed by atoms with van der Waals surface area (Å²) in [4.78, 5) is 39.2. The molecular weight excluding hydrogens is 588 g/mol. The van der Waals surface area contributed by atoms with Gasteiger partial charge in [0.15, 0.2) is 0 Å². The van der Waals surface area contributed by atoms with Crippen LogP contribution in [-0.2, 0) is 9.47 Å². The predicted molar refractivity (Wildman–Crippen MR) is 131 cm³/mol. The highest BCUT2D eigenvalue weighted by Crippen LogP contribution is 2.50. The Bertz CT molecular complexity index is 1300. The van der Waals surface area contributed by atoms with E-state index in [1.165, 1.54) is 35.8 Å². The number of nitrogens with two attached hydrogens (primary N) is 2. The van der Waals surface area contributed by atoms with E-state index in [1.54, 1.807) is 12.1 Å². The normalized spacial score (nSPS) is 11.2. The van der Waals surface area contributed by atoms with Crippen LogP contribution in [0.3, 0.4) is 0 Å². The van der Waals surface area contributed by atoms with Crippen molar-refractivity contribution >= 4 is 98.8 Å². The molecule has 2 heterocycles. The number of nitrogens with one attached hydrogen (secondary N) is 2. The zero-order valence-corrected chi connectivity index (χ0v) is 21.2. The topological polar surface area (TPSA) is 162 Å². The molecule has 0 bridgehead atoms. The first-order valence-corrected chi connectivity index (χ1v) is 12.4. The number of esters is 2. The lowest BCUT2D eigenvalue weighted by molar-refractivity contribution is 0.0580. The maximum Gasteiger partial charge on any atom is 0.374 e. The summed E-state index contributed by atoms with van der Waals surface area (Å²) in [6.07, 6.45) is 0. The summed E-state index contributed by atoms with van der Waals surface area (Å²) >= 11 is 7.03. The van der Waals surface area contributed by atoms with E-state index in [-0.39, 0.29) is 11.6 Å². The Morgan fingerprint density at radius 1 is 0.844 bits per heavy atom. The van der Waals surface area contributed by atoms with Gasteiger partial charge in [-0.3, -0.25) is 0 Å². The van der Waals surface area contributed by atoms with Gasteiger partial charge >= 0.3 is 11.9 Å². The molecule has 0 radical (unpaired) electrons. The molecule has 0 aliphatic rings. The van der Waals surface area contributed by atoms with Gasteiger partial charge in [0.05, 0.1) is 57.5 Å². The lowest BCUT2D eigenvalue weighted by Gasteiger charge is -2.11. The molecule has 0 amide bonds. The molecule has 6 N–H and O–H groups in total. The molecule has 0 unspecified atom stereocenters. The molecule has 166 valence electrons. The lowest BCUT2D eigenvalue weighted by atomic mass is 10.3. The summed E-state index contributed by atoms with van der Waals surface area (Å²) in [5.74, 6) is -1.05. The van der Waals surface area contributed by atoms with Gasteiger partial charge in [0.2, 0.25) is 11.6 Å². The molecule has 0 saturated heterocycles. The summed E-state index contributed by atoms with van der Waals surface area (Å²) in [7, 11) is 5.28. The van der Waals surface area contributed by atoms with Crippen LogP contribution >= 0.6 is 53.4 Å². The van der Waals surface area contributed by atoms with E-state index in [9.17, 15) is 9.59 Å². The molecule has 0 fully saturated rings. The minimum absolute atomic E-state index is 0.0639. The highest BCUT2D eigenvalue weighted by Gasteiger charge is 2.21. The van der Waals surface area contributed by atoms with E-state index >= 15 is 0 Å². The molecule has 4 aromatic rings. The van der Waals surface area contributed by atoms with Crippen molar-refractivity contribution in [3.05, 3.63) is 32.7 Å². The number of imidazole rings is 2. The van der Waals surface area contributed by atoms with Crippen LogP contribution in [0.4, 0.5) is 11.4 Å². The SMILES string of the molecule is COC(=O)c1nc2cc(Br)c(SSc3c(Br)cc4nc(C(=O)OC)[nH]c4c3N)c(N)c2[nH]1. The van der Waals surface area contributed by atoms with Crippen LogP contribution in [0.25, 0.3) is 22.1 Å². The average molecular weight is 602 g/mol. The number of fused-ring (bicyclic) bond motifs is 2. The molecule has 2 aromatic carbocycles. The Hall–Kier alpha value is -2.42. The fourth-order valence-corrected chi connectivity index (χ4v) is 7.28. The van der Waals surface area contributed by atoms with Crippen LogP contribution in [0.2, 0.25) is 0 Å². The lowest BCUT2D eigenvalue weighted by Crippen LogP contribution is -2.03. The minimum atomic E-state index is -0.587. The number of carbonyl (C=O) groups excluding carboxylic acids is 2. The third-order valence-electron chi connectivity index (χ3n) is 4.42. The van der Waals surface area contributed by atoms with Gasteiger partial charge in [-0.05, 0) is 65.6 Å². The molecule has 0 atom stereocenters. The summed E-state index contributed by atoms with van der Waals surface area (Å²) in [6.45, 7) is 0. The van der Waals surface area contributed by atoms with Crippen LogP contribution in [0.15, 0.2) is 30.9 Å². The Morgan fingerprint density at radius 2 is 1.22 bits per heavy atom. The maximum absolute atomic E-state index is 11.8. The zero-order chi connectivity index (χ0) is 23.2. The number of H-pyrrole nitrogens is 2. The Kier molecular flexibility index (Phi) is 6.29. The van der Waals surface area contributed by atoms with Crippen LogP contribution in [-0.4, -0.2) is 46.1 Å². The van der Waals surface area contributed by atoms with E-state index in [2.05, 4.69) is 51.8 Å². The molecule has 0 saturated carbocycles. The van der Waals surface area contributed by atoms with Gasteiger partial charge in [0.1, 0.15) is 0 Å². The number of anilines is 2. The third-order valence-corrected chi connectivity index (χ3v) is 8.74. The van der Waals surface area contributed by atoms with Gasteiger partial charge in [0, 0.05) is 8.95 Å². The van der Waals surface area contributed by atoms with Crippen molar-refractivity contribution in [1.29, 1.82) is 0 Å². The van der Waals surface area contributed by atoms with Crippen molar-refractivity contribution in [2.24, 2.45) is 0 Å². The molecule has 14 heteroatoms. The Labute approximate surface area is 205 Å². The number of nitrogen functional groups attached to an aromatic ring is 2. The molecule has 2 aromatic heterocycles. The summed E-state index contributed by atoms with van der Waals surface area (Å²) in [5.41, 5.74) is 15.7. The van der Waals surface area contributed by atoms with Crippen molar-refractivity contribution in [3.8, 4) is 0 Å². The van der Waals surface area contributed by atoms with Gasteiger partial charge in [-0.15, -0.1) is 0 Å². The standard InChI is InChI=1S/C18H14Br2N6O4S2/c1-29-17(27)15-23-7-3-5(19)13(9(21)11(7)25-15)31-32-14-6(20)4-8-12(10(14)22)26-16(24-8)18(28)30-2/h3-4H,21-22H2,1-2H3,(H,23,25)(H,24,26). The third kappa shape index (κ3) is 3.91. The number of carbonyl (C=O) groups is 2. The number of hydrogen-bond donors (Lipinski definition) is 4. The molecule has 10 nitrogen and oxygen atoms in total. The molecule has 0 aliphatic heterocycles. The Balaban J connectivity index is 1.70. The van der Waals surface area contributed by atoms with E-state index in [4.69, 9.17) is 20.9 Å². The molecule has 0 aliphatic carbocycles. The van der Waals surface area contributed by atoms with Crippen LogP contribution < -0.4 is 11.5 Å². The van der Waals surface area contributed by atoms with E-state index in [1.807, 2.05) is 0 Å². The zero-order valence-electron chi connectivity index (χ0n) is 16.4. The molecule has 32 heavy (non-hydrogen) atoms. The van der Waals surface area contributed by atoms with Gasteiger partial charge in [-0.1, -0.05) is 0 Å². The largest absolute Gasteiger partial charge is 0.463 e. The number of halogens is 2. The van der Waals surface area contributed by atoms with Crippen LogP contribution in [0.5, 0.6) is 0 Å². The highest BCUT2D eigenvalue weighted by molar-refractivity contribution is 9.11. The molecule has 0 spiro atoms. The fourth-order valence-electron chi connectivity index (χ4n) is 2.89. The number of ether oxygens (including phenoxy) is 2. The second-order valence-electron chi connectivity index (χ2n) is 6.31. The van der Waals surface area contributed by atoms with Crippen LogP contribution in [0.1, 0.15) is 21.2 Å². The second kappa shape index (κ2) is 8.84. The van der Waals surface area contributed by atoms with Gasteiger partial charge in [-0.25, -0.2) is 19.6 Å². The first-order valence-electron chi connectivity index (χ1n) is 8.71. The van der Waals surface area contributed by atoms with Crippen molar-refractivity contribution in [3.63, 3.8) is 0 Å². The van der Waals surface area contributed by atoms with Gasteiger partial charge in [-0.2, -0.15) is 0 Å². The van der Waals surface area contributed by atoms with E-state index in [0.717, 1.165) is 0 Å². The molecular formula is C18H14Br2N6O4S2. The van der Waals surface area contributed by atoms with Gasteiger partial charge in [0.25, 0.3) is 0 Å².